The molecule has 1 atom stereocenters. The van der Waals surface area contributed by atoms with E-state index in [0.717, 1.165) is 60.2 Å². The first-order valence-electron chi connectivity index (χ1n) is 13.6. The third kappa shape index (κ3) is 5.29. The molecule has 1 aromatic carbocycles. The van der Waals surface area contributed by atoms with Crippen LogP contribution in [0.5, 0.6) is 0 Å². The van der Waals surface area contributed by atoms with Crippen molar-refractivity contribution in [3.63, 3.8) is 0 Å². The van der Waals surface area contributed by atoms with Gasteiger partial charge in [0, 0.05) is 35.3 Å². The molecule has 0 amide bonds. The third-order valence-corrected chi connectivity index (χ3v) is 7.86. The fourth-order valence-corrected chi connectivity index (χ4v) is 5.70. The number of imidazole rings is 1. The molecule has 0 bridgehead atoms. The molecule has 194 valence electrons. The summed E-state index contributed by atoms with van der Waals surface area (Å²) in [5, 5.41) is 14.5. The van der Waals surface area contributed by atoms with Gasteiger partial charge < -0.3 is 0 Å². The number of nitrogens with one attached hydrogen (secondary N) is 1. The van der Waals surface area contributed by atoms with Crippen LogP contribution < -0.4 is 5.69 Å². The standard InChI is InChI=1S/C29H37N7O/c1-4-5-11-22-20-36(26-14-7-6-10-17-29(26,2)3)28(37)35(22)19-21-15-16-25(30-18-21)23-12-8-9-13-24(23)27-31-33-34-32-27/h8-9,12-13,15-16,18,20,26H,4-7,10-11,14,17,19H2,1-3H3,(H,31,32,33,34). The molecular formula is C29H37N7O. The largest absolute Gasteiger partial charge is 0.328 e. The molecule has 3 aromatic heterocycles. The van der Waals surface area contributed by atoms with Crippen LogP contribution in [0.2, 0.25) is 0 Å². The Hall–Kier alpha value is -3.55. The quantitative estimate of drug-likeness (QED) is 0.309. The number of rotatable bonds is 8. The molecule has 0 spiro atoms. The Morgan fingerprint density at radius 1 is 1.08 bits per heavy atom. The molecule has 5 rings (SSSR count). The zero-order valence-corrected chi connectivity index (χ0v) is 22.2. The second-order valence-corrected chi connectivity index (χ2v) is 10.9. The monoisotopic (exact) mass is 499 g/mol. The van der Waals surface area contributed by atoms with Crippen LogP contribution in [0.25, 0.3) is 22.6 Å². The van der Waals surface area contributed by atoms with Gasteiger partial charge in [0.2, 0.25) is 5.82 Å². The molecule has 1 saturated carbocycles. The van der Waals surface area contributed by atoms with E-state index in [1.54, 1.807) is 0 Å². The zero-order valence-electron chi connectivity index (χ0n) is 22.2. The van der Waals surface area contributed by atoms with Gasteiger partial charge in [0.05, 0.1) is 12.2 Å². The first-order valence-corrected chi connectivity index (χ1v) is 13.6. The first-order chi connectivity index (χ1) is 18.0. The molecule has 37 heavy (non-hydrogen) atoms. The highest BCUT2D eigenvalue weighted by molar-refractivity contribution is 5.78. The van der Waals surface area contributed by atoms with E-state index in [1.807, 2.05) is 41.1 Å². The topological polar surface area (TPSA) is 94.3 Å². The minimum Gasteiger partial charge on any atom is -0.295 e. The van der Waals surface area contributed by atoms with Crippen LogP contribution >= 0.6 is 0 Å². The maximum absolute atomic E-state index is 13.8. The summed E-state index contributed by atoms with van der Waals surface area (Å²) in [4.78, 5) is 18.6. The Morgan fingerprint density at radius 2 is 1.92 bits per heavy atom. The number of benzene rings is 1. The highest BCUT2D eigenvalue weighted by Gasteiger charge is 2.34. The minimum absolute atomic E-state index is 0.109. The van der Waals surface area contributed by atoms with Gasteiger partial charge in [-0.05, 0) is 47.9 Å². The van der Waals surface area contributed by atoms with E-state index < -0.39 is 0 Å². The minimum atomic E-state index is 0.109. The van der Waals surface area contributed by atoms with E-state index in [1.165, 1.54) is 19.3 Å². The lowest BCUT2D eigenvalue weighted by Gasteiger charge is -2.33. The number of unbranched alkanes of at least 4 members (excludes halogenated alkanes) is 1. The van der Waals surface area contributed by atoms with Gasteiger partial charge in [0.15, 0.2) is 0 Å². The average molecular weight is 500 g/mol. The summed E-state index contributed by atoms with van der Waals surface area (Å²) in [6.45, 7) is 7.38. The summed E-state index contributed by atoms with van der Waals surface area (Å²) in [5.41, 5.74) is 5.01. The van der Waals surface area contributed by atoms with Gasteiger partial charge in [-0.15, -0.1) is 10.2 Å². The maximum Gasteiger partial charge on any atom is 0.328 e. The van der Waals surface area contributed by atoms with Crippen molar-refractivity contribution in [3.8, 4) is 22.6 Å². The molecular weight excluding hydrogens is 462 g/mol. The number of nitrogens with zero attached hydrogens (tertiary/aromatic N) is 6. The van der Waals surface area contributed by atoms with Gasteiger partial charge >= 0.3 is 5.69 Å². The molecule has 8 nitrogen and oxygen atoms in total. The van der Waals surface area contributed by atoms with Crippen LogP contribution in [0.1, 0.15) is 83.0 Å². The van der Waals surface area contributed by atoms with Gasteiger partial charge in [0.25, 0.3) is 0 Å². The smallest absolute Gasteiger partial charge is 0.295 e. The lowest BCUT2D eigenvalue weighted by molar-refractivity contribution is 0.195. The predicted molar refractivity (Wildman–Crippen MR) is 145 cm³/mol. The maximum atomic E-state index is 13.8. The van der Waals surface area contributed by atoms with Crippen molar-refractivity contribution in [2.75, 3.05) is 0 Å². The van der Waals surface area contributed by atoms with E-state index >= 15 is 0 Å². The molecule has 0 aliphatic heterocycles. The first kappa shape index (κ1) is 25.1. The zero-order chi connectivity index (χ0) is 25.8. The molecule has 8 heteroatoms. The van der Waals surface area contributed by atoms with Crippen molar-refractivity contribution in [1.29, 1.82) is 0 Å². The van der Waals surface area contributed by atoms with Crippen molar-refractivity contribution in [3.05, 3.63) is 70.5 Å². The van der Waals surface area contributed by atoms with Gasteiger partial charge in [0.1, 0.15) is 0 Å². The number of pyridine rings is 1. The number of aryl methyl sites for hydroxylation is 1. The Morgan fingerprint density at radius 3 is 2.65 bits per heavy atom. The van der Waals surface area contributed by atoms with E-state index in [-0.39, 0.29) is 17.1 Å². The van der Waals surface area contributed by atoms with Crippen LogP contribution in [0.3, 0.4) is 0 Å². The lowest BCUT2D eigenvalue weighted by atomic mass is 9.80. The summed E-state index contributed by atoms with van der Waals surface area (Å²) in [6, 6.07) is 12.2. The molecule has 1 aliphatic rings. The Balaban J connectivity index is 1.45. The molecule has 4 aromatic rings. The fraction of sp³-hybridized carbons (Fsp3) is 0.483. The van der Waals surface area contributed by atoms with E-state index in [0.29, 0.717) is 12.4 Å². The van der Waals surface area contributed by atoms with Gasteiger partial charge in [-0.3, -0.25) is 14.1 Å². The molecule has 1 N–H and O–H groups in total. The average Bonchev–Trinajstić information content (AvgIpc) is 3.50. The molecule has 1 unspecified atom stereocenters. The van der Waals surface area contributed by atoms with Crippen molar-refractivity contribution in [2.24, 2.45) is 5.41 Å². The Bertz CT molecular complexity index is 1370. The Kier molecular flexibility index (Phi) is 7.35. The van der Waals surface area contributed by atoms with Gasteiger partial charge in [-0.2, -0.15) is 5.21 Å². The van der Waals surface area contributed by atoms with Crippen molar-refractivity contribution in [2.45, 2.75) is 84.7 Å². The van der Waals surface area contributed by atoms with Gasteiger partial charge in [-0.1, -0.05) is 76.8 Å². The number of H-pyrrole nitrogens is 1. The number of tetrazole rings is 1. The summed E-state index contributed by atoms with van der Waals surface area (Å²) in [6.07, 6.45) is 13.0. The van der Waals surface area contributed by atoms with E-state index in [9.17, 15) is 4.79 Å². The third-order valence-electron chi connectivity index (χ3n) is 7.86. The summed E-state index contributed by atoms with van der Waals surface area (Å²) in [5.74, 6) is 0.538. The van der Waals surface area contributed by atoms with Crippen LogP contribution in [-0.2, 0) is 13.0 Å². The summed E-state index contributed by atoms with van der Waals surface area (Å²) in [7, 11) is 0. The van der Waals surface area contributed by atoms with Crippen LogP contribution in [-0.4, -0.2) is 34.7 Å². The van der Waals surface area contributed by atoms with Gasteiger partial charge in [-0.25, -0.2) is 4.79 Å². The second-order valence-electron chi connectivity index (χ2n) is 10.9. The lowest BCUT2D eigenvalue weighted by Crippen LogP contribution is -2.34. The second kappa shape index (κ2) is 10.8. The van der Waals surface area contributed by atoms with E-state index in [2.05, 4.69) is 58.2 Å². The number of hydrogen-bond acceptors (Lipinski definition) is 5. The summed E-state index contributed by atoms with van der Waals surface area (Å²) < 4.78 is 4.03. The van der Waals surface area contributed by atoms with Crippen LogP contribution in [0.15, 0.2) is 53.6 Å². The molecule has 1 aliphatic carbocycles. The molecule has 0 saturated heterocycles. The Labute approximate surface area is 218 Å². The highest BCUT2D eigenvalue weighted by Crippen LogP contribution is 2.42. The van der Waals surface area contributed by atoms with Crippen LogP contribution in [0, 0.1) is 5.41 Å². The van der Waals surface area contributed by atoms with E-state index in [4.69, 9.17) is 4.98 Å². The molecule has 1 fully saturated rings. The molecule has 3 heterocycles. The normalized spacial score (nSPS) is 17.5. The fourth-order valence-electron chi connectivity index (χ4n) is 5.70. The summed E-state index contributed by atoms with van der Waals surface area (Å²) >= 11 is 0. The number of aromatic nitrogens is 7. The van der Waals surface area contributed by atoms with Crippen molar-refractivity contribution >= 4 is 0 Å². The van der Waals surface area contributed by atoms with Crippen LogP contribution in [0.4, 0.5) is 0 Å². The predicted octanol–water partition coefficient (Wildman–Crippen LogP) is 5.81. The van der Waals surface area contributed by atoms with Crippen molar-refractivity contribution < 1.29 is 0 Å². The molecule has 0 radical (unpaired) electrons. The number of hydrogen-bond donors (Lipinski definition) is 1. The highest BCUT2D eigenvalue weighted by atomic mass is 16.1. The number of aromatic amines is 1. The SMILES string of the molecule is CCCCc1cn(C2CCCCCC2(C)C)c(=O)n1Cc1ccc(-c2ccccc2-c2nn[nH]n2)nc1. The van der Waals surface area contributed by atoms with Crippen molar-refractivity contribution in [1.82, 2.24) is 34.7 Å².